The minimum atomic E-state index is -0.250. The van der Waals surface area contributed by atoms with Crippen molar-refractivity contribution in [3.05, 3.63) is 15.2 Å². The van der Waals surface area contributed by atoms with Crippen LogP contribution < -0.4 is 4.90 Å². The van der Waals surface area contributed by atoms with E-state index in [1.807, 2.05) is 11.4 Å². The van der Waals surface area contributed by atoms with Gasteiger partial charge in [-0.1, -0.05) is 0 Å². The number of hydrogen-bond acceptors (Lipinski definition) is 3. The molecule has 0 aromatic carbocycles. The Hall–Kier alpha value is -0.550. The molecule has 0 aliphatic carbocycles. The van der Waals surface area contributed by atoms with E-state index < -0.39 is 0 Å². The van der Waals surface area contributed by atoms with Crippen LogP contribution in [0.15, 0.2) is 15.2 Å². The summed E-state index contributed by atoms with van der Waals surface area (Å²) in [6.45, 7) is 1.15. The first-order valence-electron chi connectivity index (χ1n) is 3.46. The Morgan fingerprint density at radius 2 is 2.50 bits per heavy atom. The summed E-state index contributed by atoms with van der Waals surface area (Å²) in [6.07, 6.45) is -0.250. The Kier molecular flexibility index (Phi) is 2.06. The van der Waals surface area contributed by atoms with E-state index in [1.54, 1.807) is 16.2 Å². The number of thiophene rings is 1. The maximum absolute atomic E-state index is 11.1. The zero-order chi connectivity index (χ0) is 8.55. The van der Waals surface area contributed by atoms with E-state index in [0.717, 1.165) is 9.47 Å². The maximum atomic E-state index is 11.1. The Labute approximate surface area is 82.1 Å². The van der Waals surface area contributed by atoms with Crippen LogP contribution in [-0.4, -0.2) is 19.2 Å². The number of rotatable bonds is 1. The smallest absolute Gasteiger partial charge is 0.414 e. The van der Waals surface area contributed by atoms with E-state index in [9.17, 15) is 4.79 Å². The minimum absolute atomic E-state index is 0.250. The normalized spacial score (nSPS) is 16.8. The van der Waals surface area contributed by atoms with Crippen LogP contribution >= 0.6 is 27.3 Å². The fourth-order valence-electron chi connectivity index (χ4n) is 1.07. The SMILES string of the molecule is O=C1OCCN1c1csc(Br)c1. The molecule has 12 heavy (non-hydrogen) atoms. The van der Waals surface area contributed by atoms with Gasteiger partial charge >= 0.3 is 6.09 Å². The monoisotopic (exact) mass is 247 g/mol. The fraction of sp³-hybridized carbons (Fsp3) is 0.286. The lowest BCUT2D eigenvalue weighted by molar-refractivity contribution is 0.181. The molecule has 64 valence electrons. The van der Waals surface area contributed by atoms with Gasteiger partial charge in [-0.3, -0.25) is 4.90 Å². The summed E-state index contributed by atoms with van der Waals surface area (Å²) in [6, 6.07) is 1.91. The Morgan fingerprint density at radius 1 is 1.67 bits per heavy atom. The third kappa shape index (κ3) is 1.34. The van der Waals surface area contributed by atoms with Gasteiger partial charge < -0.3 is 4.74 Å². The Balaban J connectivity index is 2.24. The lowest BCUT2D eigenvalue weighted by atomic mass is 10.4. The van der Waals surface area contributed by atoms with Gasteiger partial charge in [-0.15, -0.1) is 11.3 Å². The van der Waals surface area contributed by atoms with Gasteiger partial charge in [-0.05, 0) is 22.0 Å². The first kappa shape index (κ1) is 8.07. The van der Waals surface area contributed by atoms with Crippen LogP contribution in [0.5, 0.6) is 0 Å². The molecule has 1 aromatic heterocycles. The van der Waals surface area contributed by atoms with E-state index in [1.165, 1.54) is 0 Å². The molecule has 0 radical (unpaired) electrons. The zero-order valence-electron chi connectivity index (χ0n) is 6.12. The van der Waals surface area contributed by atoms with Crippen molar-refractivity contribution in [2.45, 2.75) is 0 Å². The number of cyclic esters (lactones) is 1. The van der Waals surface area contributed by atoms with E-state index in [0.29, 0.717) is 13.2 Å². The highest BCUT2D eigenvalue weighted by Crippen LogP contribution is 2.28. The van der Waals surface area contributed by atoms with Gasteiger partial charge in [-0.25, -0.2) is 4.79 Å². The lowest BCUT2D eigenvalue weighted by Gasteiger charge is -2.08. The molecule has 0 bridgehead atoms. The quantitative estimate of drug-likeness (QED) is 0.764. The van der Waals surface area contributed by atoms with Crippen molar-refractivity contribution in [1.29, 1.82) is 0 Å². The number of ether oxygens (including phenoxy) is 1. The summed E-state index contributed by atoms with van der Waals surface area (Å²) in [5.74, 6) is 0. The van der Waals surface area contributed by atoms with Crippen molar-refractivity contribution in [3.8, 4) is 0 Å². The molecule has 1 aromatic rings. The van der Waals surface area contributed by atoms with Gasteiger partial charge in [0.05, 0.1) is 16.0 Å². The summed E-state index contributed by atoms with van der Waals surface area (Å²) in [5, 5.41) is 1.93. The lowest BCUT2D eigenvalue weighted by Crippen LogP contribution is -2.22. The van der Waals surface area contributed by atoms with E-state index in [2.05, 4.69) is 15.9 Å². The third-order valence-corrected chi connectivity index (χ3v) is 3.12. The fourth-order valence-corrected chi connectivity index (χ4v) is 2.20. The van der Waals surface area contributed by atoms with E-state index in [4.69, 9.17) is 4.74 Å². The van der Waals surface area contributed by atoms with Crippen LogP contribution in [0.1, 0.15) is 0 Å². The second kappa shape index (κ2) is 3.06. The van der Waals surface area contributed by atoms with Crippen LogP contribution in [0.25, 0.3) is 0 Å². The number of carbonyl (C=O) groups excluding carboxylic acids is 1. The largest absolute Gasteiger partial charge is 0.447 e. The highest BCUT2D eigenvalue weighted by molar-refractivity contribution is 9.11. The predicted molar refractivity (Wildman–Crippen MR) is 50.7 cm³/mol. The number of carbonyl (C=O) groups is 1. The van der Waals surface area contributed by atoms with Gasteiger partial charge in [0.2, 0.25) is 0 Å². The van der Waals surface area contributed by atoms with Gasteiger partial charge in [-0.2, -0.15) is 0 Å². The zero-order valence-corrected chi connectivity index (χ0v) is 8.52. The molecule has 1 fully saturated rings. The molecule has 0 saturated carbocycles. The van der Waals surface area contributed by atoms with Crippen LogP contribution in [-0.2, 0) is 4.74 Å². The Morgan fingerprint density at radius 3 is 3.00 bits per heavy atom. The number of nitrogens with zero attached hydrogens (tertiary/aromatic N) is 1. The van der Waals surface area contributed by atoms with E-state index >= 15 is 0 Å². The van der Waals surface area contributed by atoms with Crippen LogP contribution in [0.4, 0.5) is 10.5 Å². The average molecular weight is 248 g/mol. The highest BCUT2D eigenvalue weighted by Gasteiger charge is 2.23. The van der Waals surface area contributed by atoms with Crippen molar-refractivity contribution in [3.63, 3.8) is 0 Å². The molecule has 1 amide bonds. The van der Waals surface area contributed by atoms with E-state index in [-0.39, 0.29) is 6.09 Å². The molecule has 1 aliphatic heterocycles. The summed E-state index contributed by atoms with van der Waals surface area (Å²) in [4.78, 5) is 12.7. The molecule has 2 rings (SSSR count). The molecule has 3 nitrogen and oxygen atoms in total. The number of anilines is 1. The summed E-state index contributed by atoms with van der Waals surface area (Å²) in [7, 11) is 0. The standard InChI is InChI=1S/C7H6BrNO2S/c8-6-3-5(4-12-6)9-1-2-11-7(9)10/h3-4H,1-2H2. The molecule has 0 atom stereocenters. The highest BCUT2D eigenvalue weighted by atomic mass is 79.9. The average Bonchev–Trinajstić information content (AvgIpc) is 2.58. The molecule has 5 heteroatoms. The van der Waals surface area contributed by atoms with Gasteiger partial charge in [0, 0.05) is 5.38 Å². The molecule has 0 spiro atoms. The molecular formula is C7H6BrNO2S. The van der Waals surface area contributed by atoms with Crippen molar-refractivity contribution >= 4 is 39.0 Å². The Bertz CT molecular complexity index is 312. The molecule has 2 heterocycles. The van der Waals surface area contributed by atoms with Gasteiger partial charge in [0.1, 0.15) is 6.61 Å². The van der Waals surface area contributed by atoms with Crippen LogP contribution in [0.3, 0.4) is 0 Å². The summed E-state index contributed by atoms with van der Waals surface area (Å²) in [5.41, 5.74) is 0.911. The molecule has 0 N–H and O–H groups in total. The molecule has 1 saturated heterocycles. The third-order valence-electron chi connectivity index (χ3n) is 1.63. The summed E-state index contributed by atoms with van der Waals surface area (Å²) < 4.78 is 5.83. The first-order valence-corrected chi connectivity index (χ1v) is 5.13. The molecule has 0 unspecified atom stereocenters. The number of hydrogen-bond donors (Lipinski definition) is 0. The van der Waals surface area contributed by atoms with Crippen molar-refractivity contribution in [2.24, 2.45) is 0 Å². The van der Waals surface area contributed by atoms with Crippen LogP contribution in [0.2, 0.25) is 0 Å². The van der Waals surface area contributed by atoms with Gasteiger partial charge in [0.15, 0.2) is 0 Å². The predicted octanol–water partition coefficient (Wildman–Crippen LogP) is 2.47. The summed E-state index contributed by atoms with van der Waals surface area (Å²) >= 11 is 4.90. The van der Waals surface area contributed by atoms with Crippen molar-refractivity contribution in [1.82, 2.24) is 0 Å². The molecular weight excluding hydrogens is 242 g/mol. The number of amides is 1. The second-order valence-electron chi connectivity index (χ2n) is 2.38. The minimum Gasteiger partial charge on any atom is -0.447 e. The molecule has 1 aliphatic rings. The van der Waals surface area contributed by atoms with Crippen molar-refractivity contribution in [2.75, 3.05) is 18.1 Å². The van der Waals surface area contributed by atoms with Gasteiger partial charge in [0.25, 0.3) is 0 Å². The first-order chi connectivity index (χ1) is 5.77. The van der Waals surface area contributed by atoms with Crippen LogP contribution in [0, 0.1) is 0 Å². The van der Waals surface area contributed by atoms with Crippen molar-refractivity contribution < 1.29 is 9.53 Å². The topological polar surface area (TPSA) is 29.5 Å². The number of halogens is 1. The second-order valence-corrected chi connectivity index (χ2v) is 4.67. The maximum Gasteiger partial charge on any atom is 0.414 e.